The van der Waals surface area contributed by atoms with Gasteiger partial charge in [0.1, 0.15) is 5.76 Å². The van der Waals surface area contributed by atoms with Crippen molar-refractivity contribution in [2.75, 3.05) is 7.11 Å². The Labute approximate surface area is 105 Å². The van der Waals surface area contributed by atoms with Gasteiger partial charge in [-0.05, 0) is 29.9 Å². The monoisotopic (exact) mass is 240 g/mol. The minimum atomic E-state index is -0.437. The molecule has 0 aromatic carbocycles. The van der Waals surface area contributed by atoms with Crippen molar-refractivity contribution in [3.05, 3.63) is 36.4 Å². The normalized spacial score (nSPS) is 15.2. The van der Waals surface area contributed by atoms with Crippen molar-refractivity contribution < 1.29 is 9.13 Å². The van der Waals surface area contributed by atoms with Crippen LogP contribution in [-0.4, -0.2) is 7.11 Å². The van der Waals surface area contributed by atoms with Crippen molar-refractivity contribution in [1.29, 1.82) is 0 Å². The van der Waals surface area contributed by atoms with Crippen LogP contribution in [0.5, 0.6) is 0 Å². The Morgan fingerprint density at radius 3 is 2.35 bits per heavy atom. The van der Waals surface area contributed by atoms with E-state index in [9.17, 15) is 4.39 Å². The molecule has 0 aliphatic rings. The SMILES string of the molecule is C=C(OC)/C(F)=C\C(=C)C(C)CCC(C)CC. The second-order valence-corrected chi connectivity index (χ2v) is 4.69. The molecule has 2 heteroatoms. The van der Waals surface area contributed by atoms with E-state index in [1.54, 1.807) is 0 Å². The average molecular weight is 240 g/mol. The topological polar surface area (TPSA) is 9.23 Å². The van der Waals surface area contributed by atoms with Crippen LogP contribution < -0.4 is 0 Å². The number of methoxy groups -OCH3 is 1. The van der Waals surface area contributed by atoms with E-state index in [0.717, 1.165) is 18.4 Å². The summed E-state index contributed by atoms with van der Waals surface area (Å²) in [6.45, 7) is 13.9. The lowest BCUT2D eigenvalue weighted by Gasteiger charge is -2.15. The molecule has 0 spiro atoms. The first-order chi connectivity index (χ1) is 7.92. The predicted octanol–water partition coefficient (Wildman–Crippen LogP) is 5.02. The van der Waals surface area contributed by atoms with Gasteiger partial charge in [-0.2, -0.15) is 0 Å². The number of allylic oxidation sites excluding steroid dienone is 3. The van der Waals surface area contributed by atoms with E-state index in [2.05, 4.69) is 33.9 Å². The van der Waals surface area contributed by atoms with Crippen LogP contribution in [0.4, 0.5) is 4.39 Å². The summed E-state index contributed by atoms with van der Waals surface area (Å²) in [5.41, 5.74) is 0.795. The second-order valence-electron chi connectivity index (χ2n) is 4.69. The molecule has 0 aromatic heterocycles. The molecule has 0 heterocycles. The van der Waals surface area contributed by atoms with Gasteiger partial charge in [0.05, 0.1) is 7.11 Å². The zero-order valence-electron chi connectivity index (χ0n) is 11.6. The zero-order chi connectivity index (χ0) is 13.4. The number of hydrogen-bond acceptors (Lipinski definition) is 1. The van der Waals surface area contributed by atoms with Gasteiger partial charge in [-0.15, -0.1) is 0 Å². The number of rotatable bonds is 8. The highest BCUT2D eigenvalue weighted by molar-refractivity contribution is 5.27. The molecule has 0 aromatic rings. The van der Waals surface area contributed by atoms with Gasteiger partial charge in [-0.3, -0.25) is 0 Å². The molecule has 0 amide bonds. The van der Waals surface area contributed by atoms with Crippen LogP contribution in [0, 0.1) is 11.8 Å². The Morgan fingerprint density at radius 1 is 1.29 bits per heavy atom. The molecular weight excluding hydrogens is 215 g/mol. The Kier molecular flexibility index (Phi) is 7.60. The molecule has 0 aliphatic carbocycles. The molecule has 0 bridgehead atoms. The fourth-order valence-corrected chi connectivity index (χ4v) is 1.41. The van der Waals surface area contributed by atoms with Crippen molar-refractivity contribution in [1.82, 2.24) is 0 Å². The lowest BCUT2D eigenvalue weighted by molar-refractivity contribution is 0.285. The van der Waals surface area contributed by atoms with Crippen molar-refractivity contribution in [2.24, 2.45) is 11.8 Å². The molecule has 2 atom stereocenters. The minimum absolute atomic E-state index is 0.0558. The molecule has 98 valence electrons. The molecule has 1 nitrogen and oxygen atoms in total. The van der Waals surface area contributed by atoms with E-state index in [4.69, 9.17) is 4.74 Å². The van der Waals surface area contributed by atoms with Crippen molar-refractivity contribution in [2.45, 2.75) is 40.0 Å². The molecule has 0 saturated heterocycles. The first kappa shape index (κ1) is 16.0. The Bertz CT molecular complexity index is 291. The lowest BCUT2D eigenvalue weighted by atomic mass is 9.91. The number of hydrogen-bond donors (Lipinski definition) is 0. The van der Waals surface area contributed by atoms with E-state index in [-0.39, 0.29) is 5.76 Å². The summed E-state index contributed by atoms with van der Waals surface area (Å²) in [5.74, 6) is 0.626. The van der Waals surface area contributed by atoms with E-state index in [0.29, 0.717) is 11.8 Å². The molecule has 0 N–H and O–H groups in total. The summed E-state index contributed by atoms with van der Waals surface area (Å²) in [6.07, 6.45) is 4.80. The molecular formula is C15H25FO. The van der Waals surface area contributed by atoms with Gasteiger partial charge in [0, 0.05) is 0 Å². The van der Waals surface area contributed by atoms with Crippen LogP contribution in [0.15, 0.2) is 36.4 Å². The Morgan fingerprint density at radius 2 is 1.88 bits per heavy atom. The van der Waals surface area contributed by atoms with Crippen LogP contribution in [0.1, 0.15) is 40.0 Å². The maximum absolute atomic E-state index is 13.4. The number of ether oxygens (including phenoxy) is 1. The van der Waals surface area contributed by atoms with Crippen LogP contribution in [0.25, 0.3) is 0 Å². The van der Waals surface area contributed by atoms with Gasteiger partial charge in [-0.25, -0.2) is 4.39 Å². The van der Waals surface area contributed by atoms with Gasteiger partial charge in [0.2, 0.25) is 0 Å². The summed E-state index contributed by atoms with van der Waals surface area (Å²) in [6, 6.07) is 0. The zero-order valence-corrected chi connectivity index (χ0v) is 11.6. The van der Waals surface area contributed by atoms with E-state index >= 15 is 0 Å². The van der Waals surface area contributed by atoms with E-state index in [1.807, 2.05) is 0 Å². The minimum Gasteiger partial charge on any atom is -0.494 e. The first-order valence-electron chi connectivity index (χ1n) is 6.21. The van der Waals surface area contributed by atoms with Crippen LogP contribution in [0.2, 0.25) is 0 Å². The fraction of sp³-hybridized carbons (Fsp3) is 0.600. The summed E-state index contributed by atoms with van der Waals surface area (Å²) in [5, 5.41) is 0. The first-order valence-corrected chi connectivity index (χ1v) is 6.21. The second kappa shape index (κ2) is 8.10. The molecule has 0 aliphatic heterocycles. The molecule has 17 heavy (non-hydrogen) atoms. The Hall–Kier alpha value is -1.05. The summed E-state index contributed by atoms with van der Waals surface area (Å²) >= 11 is 0. The predicted molar refractivity (Wildman–Crippen MR) is 72.3 cm³/mol. The third-order valence-electron chi connectivity index (χ3n) is 3.25. The van der Waals surface area contributed by atoms with Crippen LogP contribution >= 0.6 is 0 Å². The maximum Gasteiger partial charge on any atom is 0.164 e. The lowest BCUT2D eigenvalue weighted by Crippen LogP contribution is -2.01. The van der Waals surface area contributed by atoms with Crippen molar-refractivity contribution in [3.8, 4) is 0 Å². The molecule has 0 radical (unpaired) electrons. The summed E-state index contributed by atoms with van der Waals surface area (Å²) in [7, 11) is 1.41. The van der Waals surface area contributed by atoms with Crippen LogP contribution in [-0.2, 0) is 4.74 Å². The standard InChI is InChI=1S/C15H25FO/c1-7-11(2)8-9-12(3)13(4)10-15(16)14(5)17-6/h10-12H,4-5,7-9H2,1-3,6H3/b15-10+. The smallest absolute Gasteiger partial charge is 0.164 e. The van der Waals surface area contributed by atoms with Gasteiger partial charge in [0.15, 0.2) is 5.83 Å². The Balaban J connectivity index is 4.27. The molecule has 0 fully saturated rings. The fourth-order valence-electron chi connectivity index (χ4n) is 1.41. The molecule has 0 saturated carbocycles. The highest BCUT2D eigenvalue weighted by Gasteiger charge is 2.09. The quantitative estimate of drug-likeness (QED) is 0.427. The largest absolute Gasteiger partial charge is 0.494 e. The van der Waals surface area contributed by atoms with Gasteiger partial charge >= 0.3 is 0 Å². The third-order valence-corrected chi connectivity index (χ3v) is 3.25. The van der Waals surface area contributed by atoms with E-state index < -0.39 is 5.83 Å². The van der Waals surface area contributed by atoms with Crippen molar-refractivity contribution >= 4 is 0 Å². The highest BCUT2D eigenvalue weighted by Crippen LogP contribution is 2.23. The van der Waals surface area contributed by atoms with E-state index in [1.165, 1.54) is 19.6 Å². The highest BCUT2D eigenvalue weighted by atomic mass is 19.1. The van der Waals surface area contributed by atoms with Gasteiger partial charge in [0.25, 0.3) is 0 Å². The maximum atomic E-state index is 13.4. The number of halogens is 1. The molecule has 0 rings (SSSR count). The average Bonchev–Trinajstić information content (AvgIpc) is 2.33. The van der Waals surface area contributed by atoms with Gasteiger partial charge in [-0.1, -0.05) is 46.8 Å². The van der Waals surface area contributed by atoms with Crippen molar-refractivity contribution in [3.63, 3.8) is 0 Å². The molecule has 2 unspecified atom stereocenters. The third kappa shape index (κ3) is 6.30. The summed E-state index contributed by atoms with van der Waals surface area (Å²) < 4.78 is 18.2. The summed E-state index contributed by atoms with van der Waals surface area (Å²) in [4.78, 5) is 0. The van der Waals surface area contributed by atoms with Gasteiger partial charge < -0.3 is 4.74 Å². The van der Waals surface area contributed by atoms with Crippen LogP contribution in [0.3, 0.4) is 0 Å².